The van der Waals surface area contributed by atoms with Gasteiger partial charge in [-0.1, -0.05) is 47.5 Å². The maximum atomic E-state index is 11.2. The van der Waals surface area contributed by atoms with E-state index in [9.17, 15) is 10.1 Å². The summed E-state index contributed by atoms with van der Waals surface area (Å²) in [6.45, 7) is 0. The van der Waals surface area contributed by atoms with E-state index in [0.717, 1.165) is 0 Å². The number of hydrogen-bond acceptors (Lipinski definition) is 4. The van der Waals surface area contributed by atoms with E-state index in [1.165, 1.54) is 6.07 Å². The van der Waals surface area contributed by atoms with Crippen LogP contribution >= 0.6 is 23.2 Å². The average Bonchev–Trinajstić information content (AvgIpc) is 3.16. The molecule has 0 radical (unpaired) electrons. The Balaban J connectivity index is 1.65. The number of nitrogens with zero attached hydrogens (tertiary/aromatic N) is 2. The molecule has 4 rings (SSSR count). The maximum Gasteiger partial charge on any atom is 0.295 e. The SMILES string of the molecule is O=[N+]([O-])c1cccc2ccc(/C=C/c3ccc(-c4cccc(Cl)c4Cl)o3)nc12. The monoisotopic (exact) mass is 410 g/mol. The Hall–Kier alpha value is -3.15. The summed E-state index contributed by atoms with van der Waals surface area (Å²) < 4.78 is 5.81. The minimum Gasteiger partial charge on any atom is -0.457 e. The third kappa shape index (κ3) is 3.50. The van der Waals surface area contributed by atoms with Crippen LogP contribution in [0.3, 0.4) is 0 Å². The van der Waals surface area contributed by atoms with E-state index in [4.69, 9.17) is 27.6 Å². The second-order valence-corrected chi connectivity index (χ2v) is 6.76. The van der Waals surface area contributed by atoms with E-state index in [1.807, 2.05) is 6.07 Å². The largest absolute Gasteiger partial charge is 0.457 e. The van der Waals surface area contributed by atoms with Crippen LogP contribution in [0.15, 0.2) is 65.1 Å². The molecule has 0 saturated heterocycles. The highest BCUT2D eigenvalue weighted by Gasteiger charge is 2.13. The van der Waals surface area contributed by atoms with Crippen LogP contribution in [0.1, 0.15) is 11.5 Å². The molecular formula is C21H12Cl2N2O3. The lowest BCUT2D eigenvalue weighted by molar-refractivity contribution is -0.383. The summed E-state index contributed by atoms with van der Waals surface area (Å²) >= 11 is 12.3. The molecule has 0 amide bonds. The van der Waals surface area contributed by atoms with Gasteiger partial charge in [-0.3, -0.25) is 10.1 Å². The number of pyridine rings is 1. The minimum atomic E-state index is -0.434. The molecule has 0 fully saturated rings. The van der Waals surface area contributed by atoms with Gasteiger partial charge in [-0.05, 0) is 42.5 Å². The maximum absolute atomic E-state index is 11.2. The van der Waals surface area contributed by atoms with E-state index < -0.39 is 4.92 Å². The number of fused-ring (bicyclic) bond motifs is 1. The molecule has 138 valence electrons. The van der Waals surface area contributed by atoms with Crippen LogP contribution in [0.25, 0.3) is 34.4 Å². The molecule has 0 bridgehead atoms. The van der Waals surface area contributed by atoms with Gasteiger partial charge in [-0.25, -0.2) is 4.98 Å². The number of furan rings is 1. The minimum absolute atomic E-state index is 0.0244. The van der Waals surface area contributed by atoms with Crippen molar-refractivity contribution in [2.24, 2.45) is 0 Å². The molecule has 0 unspecified atom stereocenters. The molecule has 0 spiro atoms. The molecule has 2 aromatic carbocycles. The molecule has 0 N–H and O–H groups in total. The normalized spacial score (nSPS) is 11.4. The lowest BCUT2D eigenvalue weighted by Crippen LogP contribution is -1.92. The smallest absolute Gasteiger partial charge is 0.295 e. The van der Waals surface area contributed by atoms with E-state index in [1.54, 1.807) is 60.7 Å². The number of aromatic nitrogens is 1. The van der Waals surface area contributed by atoms with Crippen LogP contribution in [0.4, 0.5) is 5.69 Å². The number of benzene rings is 2. The van der Waals surface area contributed by atoms with Crippen LogP contribution in [-0.4, -0.2) is 9.91 Å². The second-order valence-electron chi connectivity index (χ2n) is 5.98. The predicted molar refractivity (Wildman–Crippen MR) is 111 cm³/mol. The Morgan fingerprint density at radius 3 is 2.61 bits per heavy atom. The van der Waals surface area contributed by atoms with Crippen molar-refractivity contribution in [3.8, 4) is 11.3 Å². The van der Waals surface area contributed by atoms with Crippen molar-refractivity contribution in [2.75, 3.05) is 0 Å². The highest BCUT2D eigenvalue weighted by atomic mass is 35.5. The van der Waals surface area contributed by atoms with Crippen LogP contribution in [0.5, 0.6) is 0 Å². The zero-order valence-corrected chi connectivity index (χ0v) is 15.8. The van der Waals surface area contributed by atoms with Gasteiger partial charge >= 0.3 is 0 Å². The molecule has 5 nitrogen and oxygen atoms in total. The van der Waals surface area contributed by atoms with E-state index in [2.05, 4.69) is 4.98 Å². The van der Waals surface area contributed by atoms with Crippen LogP contribution in [-0.2, 0) is 0 Å². The van der Waals surface area contributed by atoms with Gasteiger partial charge < -0.3 is 4.42 Å². The Labute approximate surface area is 170 Å². The summed E-state index contributed by atoms with van der Waals surface area (Å²) in [5.74, 6) is 1.18. The first-order chi connectivity index (χ1) is 13.5. The molecule has 28 heavy (non-hydrogen) atoms. The van der Waals surface area contributed by atoms with E-state index >= 15 is 0 Å². The molecule has 2 aromatic heterocycles. The van der Waals surface area contributed by atoms with E-state index in [0.29, 0.717) is 43.7 Å². The van der Waals surface area contributed by atoms with Gasteiger partial charge in [0.15, 0.2) is 0 Å². The number of para-hydroxylation sites is 1. The first-order valence-corrected chi connectivity index (χ1v) is 9.05. The molecule has 0 atom stereocenters. The number of nitro benzene ring substituents is 1. The fraction of sp³-hybridized carbons (Fsp3) is 0. The lowest BCUT2D eigenvalue weighted by atomic mass is 10.1. The van der Waals surface area contributed by atoms with Crippen molar-refractivity contribution in [3.63, 3.8) is 0 Å². The quantitative estimate of drug-likeness (QED) is 0.271. The van der Waals surface area contributed by atoms with Gasteiger partial charge in [-0.2, -0.15) is 0 Å². The first kappa shape index (κ1) is 18.2. The Kier molecular flexibility index (Phi) is 4.86. The summed E-state index contributed by atoms with van der Waals surface area (Å²) in [4.78, 5) is 15.2. The van der Waals surface area contributed by atoms with Crippen molar-refractivity contribution in [3.05, 3.63) is 92.3 Å². The standard InChI is InChI=1S/C21H12Cl2N2O3/c22-17-5-2-4-16(20(17)23)19-12-11-15(28-19)10-9-14-8-7-13-3-1-6-18(25(26)27)21(13)24-14/h1-12H/b10-9+. The third-order valence-electron chi connectivity index (χ3n) is 4.18. The number of hydrogen-bond donors (Lipinski definition) is 0. The van der Waals surface area contributed by atoms with Crippen molar-refractivity contribution < 1.29 is 9.34 Å². The second kappa shape index (κ2) is 7.46. The molecular weight excluding hydrogens is 399 g/mol. The highest BCUT2D eigenvalue weighted by molar-refractivity contribution is 6.43. The van der Waals surface area contributed by atoms with Crippen LogP contribution < -0.4 is 0 Å². The lowest BCUT2D eigenvalue weighted by Gasteiger charge is -2.02. The summed E-state index contributed by atoms with van der Waals surface area (Å²) in [6.07, 6.45) is 3.48. The van der Waals surface area contributed by atoms with Gasteiger partial charge in [0.2, 0.25) is 0 Å². The average molecular weight is 411 g/mol. The summed E-state index contributed by atoms with van der Waals surface area (Å²) in [5, 5.41) is 12.8. The fourth-order valence-corrected chi connectivity index (χ4v) is 3.23. The summed E-state index contributed by atoms with van der Waals surface area (Å²) in [7, 11) is 0. The number of non-ortho nitro benzene ring substituents is 1. The Bertz CT molecular complexity index is 1230. The van der Waals surface area contributed by atoms with Crippen molar-refractivity contribution in [1.82, 2.24) is 4.98 Å². The highest BCUT2D eigenvalue weighted by Crippen LogP contribution is 2.34. The van der Waals surface area contributed by atoms with Crippen molar-refractivity contribution in [1.29, 1.82) is 0 Å². The molecule has 7 heteroatoms. The molecule has 0 aliphatic rings. The van der Waals surface area contributed by atoms with Gasteiger partial charge in [0, 0.05) is 17.0 Å². The Morgan fingerprint density at radius 1 is 0.964 bits per heavy atom. The van der Waals surface area contributed by atoms with Gasteiger partial charge in [0.1, 0.15) is 17.0 Å². The summed E-state index contributed by atoms with van der Waals surface area (Å²) in [6, 6.07) is 17.4. The first-order valence-electron chi connectivity index (χ1n) is 8.29. The van der Waals surface area contributed by atoms with Gasteiger partial charge in [0.25, 0.3) is 5.69 Å². The van der Waals surface area contributed by atoms with Crippen LogP contribution in [0.2, 0.25) is 10.0 Å². The molecule has 0 saturated carbocycles. The number of nitro groups is 1. The zero-order chi connectivity index (χ0) is 19.7. The number of halogens is 2. The van der Waals surface area contributed by atoms with Gasteiger partial charge in [-0.15, -0.1) is 0 Å². The zero-order valence-electron chi connectivity index (χ0n) is 14.3. The fourth-order valence-electron chi connectivity index (χ4n) is 2.84. The van der Waals surface area contributed by atoms with Crippen molar-refractivity contribution >= 4 is 51.9 Å². The topological polar surface area (TPSA) is 69.2 Å². The molecule has 0 aliphatic heterocycles. The van der Waals surface area contributed by atoms with Crippen LogP contribution in [0, 0.1) is 10.1 Å². The third-order valence-corrected chi connectivity index (χ3v) is 5.00. The molecule has 2 heterocycles. The summed E-state index contributed by atoms with van der Waals surface area (Å²) in [5.41, 5.74) is 1.61. The molecule has 0 aliphatic carbocycles. The Morgan fingerprint density at radius 2 is 1.79 bits per heavy atom. The predicted octanol–water partition coefficient (Wildman–Crippen LogP) is 6.88. The van der Waals surface area contributed by atoms with Gasteiger partial charge in [0.05, 0.1) is 20.7 Å². The number of rotatable bonds is 4. The molecule has 4 aromatic rings. The van der Waals surface area contributed by atoms with E-state index in [-0.39, 0.29) is 5.69 Å². The van der Waals surface area contributed by atoms with Crippen molar-refractivity contribution in [2.45, 2.75) is 0 Å².